The molecule has 0 spiro atoms. The first kappa shape index (κ1) is 13.1. The molecule has 0 heterocycles. The Bertz CT molecular complexity index is 537. The molecule has 0 unspecified atom stereocenters. The van der Waals surface area contributed by atoms with Crippen LogP contribution < -0.4 is 4.72 Å². The number of sulfonamides is 1. The fourth-order valence-electron chi connectivity index (χ4n) is 2.20. The van der Waals surface area contributed by atoms with Gasteiger partial charge in [-0.3, -0.25) is 0 Å². The molecule has 5 heteroatoms. The van der Waals surface area contributed by atoms with E-state index in [-0.39, 0.29) is 5.25 Å². The molecule has 0 radical (unpaired) electrons. The zero-order chi connectivity index (χ0) is 13.0. The van der Waals surface area contributed by atoms with E-state index in [9.17, 15) is 8.42 Å². The third-order valence-corrected chi connectivity index (χ3v) is 5.20. The summed E-state index contributed by atoms with van der Waals surface area (Å²) in [5, 5.41) is 8.44. The molecule has 0 aromatic heterocycles. The topological polar surface area (TPSA) is 70.0 Å². The first-order chi connectivity index (χ1) is 8.62. The summed E-state index contributed by atoms with van der Waals surface area (Å²) in [6.07, 6.45) is 3.54. The molecule has 1 aliphatic rings. The molecule has 0 bridgehead atoms. The maximum Gasteiger partial charge on any atom is 0.214 e. The molecule has 2 rings (SSSR count). The maximum absolute atomic E-state index is 12.0. The van der Waals surface area contributed by atoms with Gasteiger partial charge in [-0.15, -0.1) is 0 Å². The summed E-state index contributed by atoms with van der Waals surface area (Å²) in [7, 11) is -3.19. The van der Waals surface area contributed by atoms with E-state index in [1.54, 1.807) is 24.3 Å². The fraction of sp³-hybridized carbons (Fsp3) is 0.462. The number of nitrogens with one attached hydrogen (secondary N) is 1. The fourth-order valence-corrected chi connectivity index (χ4v) is 3.76. The van der Waals surface area contributed by atoms with Crippen molar-refractivity contribution in [2.24, 2.45) is 0 Å². The highest BCUT2D eigenvalue weighted by molar-refractivity contribution is 7.90. The number of nitrogens with zero attached hydrogens (tertiary/aromatic N) is 1. The van der Waals surface area contributed by atoms with Gasteiger partial charge in [-0.25, -0.2) is 13.1 Å². The smallest absolute Gasteiger partial charge is 0.212 e. The summed E-state index contributed by atoms with van der Waals surface area (Å²) in [4.78, 5) is 0. The van der Waals surface area contributed by atoms with Crippen molar-refractivity contribution in [2.75, 3.05) is 0 Å². The van der Waals surface area contributed by atoms with Crippen molar-refractivity contribution in [1.29, 1.82) is 5.26 Å². The van der Waals surface area contributed by atoms with Crippen LogP contribution >= 0.6 is 0 Å². The van der Waals surface area contributed by atoms with Crippen LogP contribution in [0.4, 0.5) is 0 Å². The SMILES string of the molecule is N#Cc1ccc(CNS(=O)(=O)C2CCCC2)cc1. The van der Waals surface area contributed by atoms with Crippen LogP contribution in [-0.2, 0) is 16.6 Å². The van der Waals surface area contributed by atoms with E-state index in [0.717, 1.165) is 31.2 Å². The van der Waals surface area contributed by atoms with E-state index in [2.05, 4.69) is 4.72 Å². The number of benzene rings is 1. The molecule has 4 nitrogen and oxygen atoms in total. The van der Waals surface area contributed by atoms with Gasteiger partial charge < -0.3 is 0 Å². The van der Waals surface area contributed by atoms with Crippen LogP contribution in [-0.4, -0.2) is 13.7 Å². The van der Waals surface area contributed by atoms with Crippen molar-refractivity contribution < 1.29 is 8.42 Å². The van der Waals surface area contributed by atoms with Gasteiger partial charge >= 0.3 is 0 Å². The molecular formula is C13H16N2O2S. The van der Waals surface area contributed by atoms with Crippen LogP contribution in [0.1, 0.15) is 36.8 Å². The lowest BCUT2D eigenvalue weighted by molar-refractivity contribution is 0.564. The van der Waals surface area contributed by atoms with E-state index >= 15 is 0 Å². The molecule has 1 fully saturated rings. The average molecular weight is 264 g/mol. The number of rotatable bonds is 4. The van der Waals surface area contributed by atoms with Crippen LogP contribution in [0.15, 0.2) is 24.3 Å². The van der Waals surface area contributed by atoms with Gasteiger partial charge in [0.25, 0.3) is 0 Å². The number of hydrogen-bond donors (Lipinski definition) is 1. The number of nitriles is 1. The summed E-state index contributed by atoms with van der Waals surface area (Å²) < 4.78 is 26.6. The highest BCUT2D eigenvalue weighted by Gasteiger charge is 2.27. The molecule has 96 valence electrons. The Balaban J connectivity index is 1.96. The molecular weight excluding hydrogens is 248 g/mol. The molecule has 1 aromatic rings. The lowest BCUT2D eigenvalue weighted by Gasteiger charge is -2.12. The highest BCUT2D eigenvalue weighted by atomic mass is 32.2. The molecule has 1 saturated carbocycles. The molecule has 1 aliphatic carbocycles. The van der Waals surface area contributed by atoms with Crippen molar-refractivity contribution >= 4 is 10.0 Å². The van der Waals surface area contributed by atoms with Gasteiger partial charge in [0.2, 0.25) is 10.0 Å². The Labute approximate surface area is 108 Å². The van der Waals surface area contributed by atoms with Crippen LogP contribution in [0.5, 0.6) is 0 Å². The van der Waals surface area contributed by atoms with Gasteiger partial charge in [0.1, 0.15) is 0 Å². The zero-order valence-electron chi connectivity index (χ0n) is 10.1. The van der Waals surface area contributed by atoms with Crippen molar-refractivity contribution in [3.63, 3.8) is 0 Å². The van der Waals surface area contributed by atoms with Crippen molar-refractivity contribution in [2.45, 2.75) is 37.5 Å². The Morgan fingerprint density at radius 1 is 1.22 bits per heavy atom. The molecule has 18 heavy (non-hydrogen) atoms. The van der Waals surface area contributed by atoms with E-state index in [0.29, 0.717) is 12.1 Å². The molecule has 0 aliphatic heterocycles. The largest absolute Gasteiger partial charge is 0.214 e. The minimum Gasteiger partial charge on any atom is -0.212 e. The normalized spacial score (nSPS) is 16.6. The maximum atomic E-state index is 12.0. The third kappa shape index (κ3) is 3.09. The standard InChI is InChI=1S/C13H16N2O2S/c14-9-11-5-7-12(8-6-11)10-15-18(16,17)13-3-1-2-4-13/h5-8,13,15H,1-4,10H2. The summed E-state index contributed by atoms with van der Waals surface area (Å²) in [5.74, 6) is 0. The Morgan fingerprint density at radius 2 is 1.83 bits per heavy atom. The second-order valence-electron chi connectivity index (χ2n) is 4.58. The first-order valence-corrected chi connectivity index (χ1v) is 7.64. The monoisotopic (exact) mass is 264 g/mol. The van der Waals surface area contributed by atoms with E-state index in [1.165, 1.54) is 0 Å². The lowest BCUT2D eigenvalue weighted by Crippen LogP contribution is -2.32. The van der Waals surface area contributed by atoms with Gasteiger partial charge in [0, 0.05) is 6.54 Å². The number of hydrogen-bond acceptors (Lipinski definition) is 3. The Kier molecular flexibility index (Phi) is 4.00. The van der Waals surface area contributed by atoms with E-state index < -0.39 is 10.0 Å². The Hall–Kier alpha value is -1.38. The van der Waals surface area contributed by atoms with Crippen LogP contribution in [0.25, 0.3) is 0 Å². The molecule has 0 atom stereocenters. The summed E-state index contributed by atoms with van der Waals surface area (Å²) in [6, 6.07) is 8.97. The third-order valence-electron chi connectivity index (χ3n) is 3.30. The lowest BCUT2D eigenvalue weighted by atomic mass is 10.1. The van der Waals surface area contributed by atoms with E-state index in [1.807, 2.05) is 6.07 Å². The quantitative estimate of drug-likeness (QED) is 0.903. The molecule has 1 N–H and O–H groups in total. The highest BCUT2D eigenvalue weighted by Crippen LogP contribution is 2.24. The van der Waals surface area contributed by atoms with Gasteiger partial charge in [-0.1, -0.05) is 25.0 Å². The van der Waals surface area contributed by atoms with Crippen molar-refractivity contribution in [3.8, 4) is 6.07 Å². The summed E-state index contributed by atoms with van der Waals surface area (Å²) >= 11 is 0. The van der Waals surface area contributed by atoms with Crippen LogP contribution in [0.2, 0.25) is 0 Å². The predicted octanol–water partition coefficient (Wildman–Crippen LogP) is 1.92. The van der Waals surface area contributed by atoms with Crippen molar-refractivity contribution in [3.05, 3.63) is 35.4 Å². The van der Waals surface area contributed by atoms with Gasteiger partial charge in [0.15, 0.2) is 0 Å². The molecule has 1 aromatic carbocycles. The van der Waals surface area contributed by atoms with Gasteiger partial charge in [0.05, 0.1) is 16.9 Å². The van der Waals surface area contributed by atoms with Gasteiger partial charge in [-0.2, -0.15) is 5.26 Å². The van der Waals surface area contributed by atoms with Crippen LogP contribution in [0.3, 0.4) is 0 Å². The Morgan fingerprint density at radius 3 is 2.39 bits per heavy atom. The minimum absolute atomic E-state index is 0.226. The van der Waals surface area contributed by atoms with Crippen molar-refractivity contribution in [1.82, 2.24) is 4.72 Å². The second kappa shape index (κ2) is 5.51. The van der Waals surface area contributed by atoms with E-state index in [4.69, 9.17) is 5.26 Å². The van der Waals surface area contributed by atoms with Crippen LogP contribution in [0, 0.1) is 11.3 Å². The first-order valence-electron chi connectivity index (χ1n) is 6.09. The minimum atomic E-state index is -3.19. The van der Waals surface area contributed by atoms with Gasteiger partial charge in [-0.05, 0) is 30.5 Å². The molecule has 0 saturated heterocycles. The molecule has 0 amide bonds. The summed E-state index contributed by atoms with van der Waals surface area (Å²) in [5.41, 5.74) is 1.45. The predicted molar refractivity (Wildman–Crippen MR) is 69.2 cm³/mol. The summed E-state index contributed by atoms with van der Waals surface area (Å²) in [6.45, 7) is 0.296. The zero-order valence-corrected chi connectivity index (χ0v) is 10.9. The second-order valence-corrected chi connectivity index (χ2v) is 6.63. The average Bonchev–Trinajstić information content (AvgIpc) is 2.92.